The number of carbonyl (C=O) groups excluding carboxylic acids is 2. The Morgan fingerprint density at radius 3 is 2.92 bits per heavy atom. The van der Waals surface area contributed by atoms with Gasteiger partial charge < -0.3 is 20.1 Å². The quantitative estimate of drug-likeness (QED) is 0.781. The monoisotopic (exact) mass is 351 g/mol. The molecule has 0 bridgehead atoms. The standard InChI is InChI=1S/C16H21N3O4S/c1-2-23-15(20)13-11(10-19-5-7-22-8-6-19)17-16(21)18-14(13)12-4-3-9-24-12/h3-4,9,14H,2,5-8,10H2,1H3,(H2,17,18,21)/t14-/m0/s1. The number of morpholine rings is 1. The van der Waals surface area contributed by atoms with Crippen LogP contribution in [0.5, 0.6) is 0 Å². The summed E-state index contributed by atoms with van der Waals surface area (Å²) in [6, 6.07) is 3.03. The third-order valence-corrected chi connectivity index (χ3v) is 4.90. The van der Waals surface area contributed by atoms with Gasteiger partial charge in [0, 0.05) is 30.2 Å². The largest absolute Gasteiger partial charge is 0.463 e. The Labute approximate surface area is 144 Å². The van der Waals surface area contributed by atoms with Gasteiger partial charge >= 0.3 is 12.0 Å². The number of rotatable bonds is 5. The first-order valence-corrected chi connectivity index (χ1v) is 8.88. The number of hydrogen-bond acceptors (Lipinski definition) is 6. The van der Waals surface area contributed by atoms with E-state index in [1.54, 1.807) is 6.92 Å². The van der Waals surface area contributed by atoms with Crippen molar-refractivity contribution in [2.75, 3.05) is 39.5 Å². The molecule has 7 nitrogen and oxygen atoms in total. The van der Waals surface area contributed by atoms with E-state index in [0.717, 1.165) is 18.0 Å². The smallest absolute Gasteiger partial charge is 0.338 e. The second-order valence-corrected chi connectivity index (χ2v) is 6.53. The number of urea groups is 1. The van der Waals surface area contributed by atoms with Crippen LogP contribution in [0, 0.1) is 0 Å². The van der Waals surface area contributed by atoms with Gasteiger partial charge in [0.1, 0.15) is 0 Å². The fraction of sp³-hybridized carbons (Fsp3) is 0.500. The molecule has 0 aliphatic carbocycles. The minimum Gasteiger partial charge on any atom is -0.463 e. The molecule has 8 heteroatoms. The maximum atomic E-state index is 12.6. The second-order valence-electron chi connectivity index (χ2n) is 5.55. The Morgan fingerprint density at radius 1 is 1.46 bits per heavy atom. The summed E-state index contributed by atoms with van der Waals surface area (Å²) in [6.07, 6.45) is 0. The molecule has 130 valence electrons. The van der Waals surface area contributed by atoms with E-state index in [-0.39, 0.29) is 12.6 Å². The van der Waals surface area contributed by atoms with Crippen LogP contribution < -0.4 is 10.6 Å². The van der Waals surface area contributed by atoms with Crippen LogP contribution in [0.2, 0.25) is 0 Å². The summed E-state index contributed by atoms with van der Waals surface area (Å²) in [5.74, 6) is -0.397. The molecule has 0 unspecified atom stereocenters. The van der Waals surface area contributed by atoms with Crippen molar-refractivity contribution in [3.8, 4) is 0 Å². The number of nitrogens with zero attached hydrogens (tertiary/aromatic N) is 1. The van der Waals surface area contributed by atoms with E-state index in [0.29, 0.717) is 31.0 Å². The van der Waals surface area contributed by atoms with E-state index in [1.165, 1.54) is 11.3 Å². The van der Waals surface area contributed by atoms with E-state index in [9.17, 15) is 9.59 Å². The van der Waals surface area contributed by atoms with Gasteiger partial charge in [-0.15, -0.1) is 11.3 Å². The van der Waals surface area contributed by atoms with E-state index in [1.807, 2.05) is 17.5 Å². The zero-order chi connectivity index (χ0) is 16.9. The third kappa shape index (κ3) is 3.77. The lowest BCUT2D eigenvalue weighted by Crippen LogP contribution is -2.49. The first kappa shape index (κ1) is 16.9. The third-order valence-electron chi connectivity index (χ3n) is 3.96. The summed E-state index contributed by atoms with van der Waals surface area (Å²) in [5, 5.41) is 7.55. The average molecular weight is 351 g/mol. The van der Waals surface area contributed by atoms with Crippen molar-refractivity contribution in [1.82, 2.24) is 15.5 Å². The summed E-state index contributed by atoms with van der Waals surface area (Å²) < 4.78 is 10.6. The molecule has 1 aromatic rings. The number of hydrogen-bond donors (Lipinski definition) is 2. The molecule has 0 aromatic carbocycles. The normalized spacial score (nSPS) is 22.0. The molecular formula is C16H21N3O4S. The van der Waals surface area contributed by atoms with Crippen LogP contribution in [0.1, 0.15) is 17.8 Å². The molecule has 0 saturated carbocycles. The summed E-state index contributed by atoms with van der Waals surface area (Å²) in [7, 11) is 0. The van der Waals surface area contributed by atoms with Crippen molar-refractivity contribution >= 4 is 23.3 Å². The predicted octanol–water partition coefficient (Wildman–Crippen LogP) is 1.25. The minimum atomic E-state index is -0.478. The first-order chi connectivity index (χ1) is 11.7. The summed E-state index contributed by atoms with van der Waals surface area (Å²) in [4.78, 5) is 27.7. The number of carbonyl (C=O) groups is 2. The van der Waals surface area contributed by atoms with Gasteiger partial charge in [0.05, 0.1) is 31.4 Å². The van der Waals surface area contributed by atoms with Crippen LogP contribution in [0.15, 0.2) is 28.8 Å². The number of esters is 1. The van der Waals surface area contributed by atoms with E-state index >= 15 is 0 Å². The molecule has 2 aliphatic heterocycles. The SMILES string of the molecule is CCOC(=O)C1=C(CN2CCOCC2)NC(=O)N[C@H]1c1cccs1. The van der Waals surface area contributed by atoms with Crippen molar-refractivity contribution in [3.63, 3.8) is 0 Å². The van der Waals surface area contributed by atoms with Gasteiger partial charge in [-0.05, 0) is 18.4 Å². The Bertz CT molecular complexity index is 623. The maximum absolute atomic E-state index is 12.6. The predicted molar refractivity (Wildman–Crippen MR) is 89.6 cm³/mol. The van der Waals surface area contributed by atoms with Gasteiger partial charge in [-0.2, -0.15) is 0 Å². The van der Waals surface area contributed by atoms with Crippen molar-refractivity contribution < 1.29 is 19.1 Å². The van der Waals surface area contributed by atoms with Crippen molar-refractivity contribution in [2.45, 2.75) is 13.0 Å². The molecule has 1 fully saturated rings. The highest BCUT2D eigenvalue weighted by molar-refractivity contribution is 7.10. The van der Waals surface area contributed by atoms with E-state index < -0.39 is 12.0 Å². The Morgan fingerprint density at radius 2 is 2.25 bits per heavy atom. The lowest BCUT2D eigenvalue weighted by Gasteiger charge is -2.32. The highest BCUT2D eigenvalue weighted by Crippen LogP contribution is 2.30. The Balaban J connectivity index is 1.93. The summed E-state index contributed by atoms with van der Waals surface area (Å²) >= 11 is 1.50. The molecule has 1 aromatic heterocycles. The van der Waals surface area contributed by atoms with Crippen molar-refractivity contribution in [3.05, 3.63) is 33.7 Å². The van der Waals surface area contributed by atoms with Crippen LogP contribution in [0.4, 0.5) is 4.79 Å². The molecule has 1 atom stereocenters. The number of amides is 2. The Kier molecular flexibility index (Phi) is 5.49. The fourth-order valence-electron chi connectivity index (χ4n) is 2.84. The van der Waals surface area contributed by atoms with Gasteiger partial charge in [0.25, 0.3) is 0 Å². The van der Waals surface area contributed by atoms with Gasteiger partial charge in [-0.3, -0.25) is 4.90 Å². The molecular weight excluding hydrogens is 330 g/mol. The lowest BCUT2D eigenvalue weighted by molar-refractivity contribution is -0.139. The maximum Gasteiger partial charge on any atom is 0.338 e. The van der Waals surface area contributed by atoms with Crippen molar-refractivity contribution in [2.24, 2.45) is 0 Å². The van der Waals surface area contributed by atoms with Crippen LogP contribution in [-0.2, 0) is 14.3 Å². The molecule has 3 heterocycles. The highest BCUT2D eigenvalue weighted by atomic mass is 32.1. The van der Waals surface area contributed by atoms with Crippen LogP contribution in [0.3, 0.4) is 0 Å². The minimum absolute atomic E-state index is 0.290. The van der Waals surface area contributed by atoms with Crippen LogP contribution in [-0.4, -0.2) is 56.4 Å². The van der Waals surface area contributed by atoms with Gasteiger partial charge in [0.2, 0.25) is 0 Å². The lowest BCUT2D eigenvalue weighted by atomic mass is 10.0. The number of thiophene rings is 1. The molecule has 1 saturated heterocycles. The second kappa shape index (κ2) is 7.78. The zero-order valence-electron chi connectivity index (χ0n) is 13.5. The van der Waals surface area contributed by atoms with Gasteiger partial charge in [-0.25, -0.2) is 9.59 Å². The van der Waals surface area contributed by atoms with Crippen LogP contribution in [0.25, 0.3) is 0 Å². The summed E-state index contributed by atoms with van der Waals surface area (Å²) in [6.45, 7) is 5.41. The molecule has 24 heavy (non-hydrogen) atoms. The fourth-order valence-corrected chi connectivity index (χ4v) is 3.63. The van der Waals surface area contributed by atoms with Gasteiger partial charge in [0.15, 0.2) is 0 Å². The summed E-state index contributed by atoms with van der Waals surface area (Å²) in [5.41, 5.74) is 1.09. The molecule has 2 amide bonds. The highest BCUT2D eigenvalue weighted by Gasteiger charge is 2.34. The molecule has 0 spiro atoms. The van der Waals surface area contributed by atoms with E-state index in [4.69, 9.17) is 9.47 Å². The van der Waals surface area contributed by atoms with Crippen LogP contribution >= 0.6 is 11.3 Å². The first-order valence-electron chi connectivity index (χ1n) is 8.00. The molecule has 2 aliphatic rings. The average Bonchev–Trinajstić information content (AvgIpc) is 3.10. The van der Waals surface area contributed by atoms with Gasteiger partial charge in [-0.1, -0.05) is 6.07 Å². The topological polar surface area (TPSA) is 79.9 Å². The number of ether oxygens (including phenoxy) is 2. The molecule has 2 N–H and O–H groups in total. The number of nitrogens with one attached hydrogen (secondary N) is 2. The Hall–Kier alpha value is -1.90. The van der Waals surface area contributed by atoms with Crippen molar-refractivity contribution in [1.29, 1.82) is 0 Å². The van der Waals surface area contributed by atoms with E-state index in [2.05, 4.69) is 15.5 Å². The zero-order valence-corrected chi connectivity index (χ0v) is 14.4. The molecule has 0 radical (unpaired) electrons. The molecule has 3 rings (SSSR count).